The lowest BCUT2D eigenvalue weighted by Gasteiger charge is -2.08. The topological polar surface area (TPSA) is 49.1 Å². The average molecular weight is 454 g/mol. The molecule has 0 saturated carbocycles. The van der Waals surface area contributed by atoms with Gasteiger partial charge in [-0.3, -0.25) is 4.79 Å². The van der Waals surface area contributed by atoms with E-state index < -0.39 is 0 Å². The van der Waals surface area contributed by atoms with Gasteiger partial charge in [-0.1, -0.05) is 34.7 Å². The number of aryl methyl sites for hydroxylation is 1. The number of Topliss-reactive ketones (excluding diaryl/α,β-unsaturated/α-hetero) is 1. The van der Waals surface area contributed by atoms with E-state index in [1.807, 2.05) is 32.0 Å². The van der Waals surface area contributed by atoms with Crippen LogP contribution in [-0.2, 0) is 11.3 Å². The van der Waals surface area contributed by atoms with Gasteiger partial charge < -0.3 is 9.30 Å². The lowest BCUT2D eigenvalue weighted by molar-refractivity contribution is 0.102. The van der Waals surface area contributed by atoms with Gasteiger partial charge in [-0.2, -0.15) is 0 Å². The fourth-order valence-corrected chi connectivity index (χ4v) is 5.25. The molecule has 5 nitrogen and oxygen atoms in total. The highest BCUT2D eigenvalue weighted by Gasteiger charge is 2.17. The molecule has 3 aromatic rings. The number of carbonyl (C=O) groups is 1. The SMILES string of the molecule is COCCn1c(C)cc(C(=O)CSc2nn(-c3ccc(Cl)cc3)c(=S)s2)c1C. The monoisotopic (exact) mass is 453 g/mol. The first-order valence-electron chi connectivity index (χ1n) is 8.58. The minimum Gasteiger partial charge on any atom is -0.383 e. The van der Waals surface area contributed by atoms with Crippen LogP contribution in [0.1, 0.15) is 21.7 Å². The van der Waals surface area contributed by atoms with Crippen molar-refractivity contribution in [1.29, 1.82) is 0 Å². The number of benzene rings is 1. The Kier molecular flexibility index (Phi) is 7.11. The number of carbonyl (C=O) groups excluding carboxylic acids is 1. The molecule has 0 N–H and O–H groups in total. The molecule has 0 atom stereocenters. The van der Waals surface area contributed by atoms with E-state index >= 15 is 0 Å². The van der Waals surface area contributed by atoms with Gasteiger partial charge in [0.25, 0.3) is 0 Å². The molecule has 9 heteroatoms. The maximum absolute atomic E-state index is 12.7. The molecule has 0 fully saturated rings. The van der Waals surface area contributed by atoms with Crippen LogP contribution in [0.25, 0.3) is 5.69 Å². The zero-order valence-electron chi connectivity index (χ0n) is 15.8. The van der Waals surface area contributed by atoms with E-state index in [2.05, 4.69) is 9.67 Å². The first kappa shape index (κ1) is 21.3. The van der Waals surface area contributed by atoms with Gasteiger partial charge in [-0.25, -0.2) is 4.68 Å². The number of halogens is 1. The minimum absolute atomic E-state index is 0.0842. The fraction of sp³-hybridized carbons (Fsp3) is 0.316. The molecule has 0 unspecified atom stereocenters. The van der Waals surface area contributed by atoms with E-state index in [1.165, 1.54) is 23.1 Å². The predicted molar refractivity (Wildman–Crippen MR) is 118 cm³/mol. The number of aromatic nitrogens is 3. The van der Waals surface area contributed by atoms with Crippen LogP contribution in [0.2, 0.25) is 5.02 Å². The van der Waals surface area contributed by atoms with Crippen LogP contribution in [0.5, 0.6) is 0 Å². The summed E-state index contributed by atoms with van der Waals surface area (Å²) in [7, 11) is 1.68. The van der Waals surface area contributed by atoms with Gasteiger partial charge in [0, 0.05) is 35.6 Å². The highest BCUT2D eigenvalue weighted by molar-refractivity contribution is 8.01. The van der Waals surface area contributed by atoms with Crippen LogP contribution in [0, 0.1) is 17.8 Å². The highest BCUT2D eigenvalue weighted by Crippen LogP contribution is 2.26. The van der Waals surface area contributed by atoms with Crippen molar-refractivity contribution in [3.8, 4) is 5.69 Å². The molecule has 28 heavy (non-hydrogen) atoms. The number of hydrogen-bond donors (Lipinski definition) is 0. The molecule has 2 aromatic heterocycles. The summed E-state index contributed by atoms with van der Waals surface area (Å²) >= 11 is 14.2. The van der Waals surface area contributed by atoms with E-state index in [-0.39, 0.29) is 5.78 Å². The van der Waals surface area contributed by atoms with Crippen LogP contribution >= 0.6 is 46.9 Å². The Labute approximate surface area is 182 Å². The van der Waals surface area contributed by atoms with Gasteiger partial charge >= 0.3 is 0 Å². The Balaban J connectivity index is 1.71. The number of ether oxygens (including phenoxy) is 1. The lowest BCUT2D eigenvalue weighted by Crippen LogP contribution is -2.09. The smallest absolute Gasteiger partial charge is 0.184 e. The second-order valence-electron chi connectivity index (χ2n) is 6.16. The third-order valence-corrected chi connectivity index (χ3v) is 6.94. The zero-order valence-corrected chi connectivity index (χ0v) is 19.0. The predicted octanol–water partition coefficient (Wildman–Crippen LogP) is 5.36. The van der Waals surface area contributed by atoms with Crippen molar-refractivity contribution >= 4 is 52.7 Å². The normalized spacial score (nSPS) is 11.1. The molecule has 0 amide bonds. The second-order valence-corrected chi connectivity index (χ2v) is 9.44. The number of rotatable bonds is 8. The van der Waals surface area contributed by atoms with Gasteiger partial charge in [0.1, 0.15) is 0 Å². The van der Waals surface area contributed by atoms with Crippen molar-refractivity contribution in [2.24, 2.45) is 0 Å². The molecule has 0 aliphatic carbocycles. The molecule has 3 rings (SSSR count). The molecule has 0 radical (unpaired) electrons. The highest BCUT2D eigenvalue weighted by atomic mass is 35.5. The number of hydrogen-bond acceptors (Lipinski definition) is 6. The van der Waals surface area contributed by atoms with E-state index in [9.17, 15) is 4.79 Å². The van der Waals surface area contributed by atoms with Crippen LogP contribution in [0.15, 0.2) is 34.7 Å². The summed E-state index contributed by atoms with van der Waals surface area (Å²) in [5.74, 6) is 0.401. The summed E-state index contributed by atoms with van der Waals surface area (Å²) < 4.78 is 10.4. The van der Waals surface area contributed by atoms with Crippen LogP contribution in [-0.4, -0.2) is 39.6 Å². The van der Waals surface area contributed by atoms with Crippen LogP contribution < -0.4 is 0 Å². The van der Waals surface area contributed by atoms with Crippen molar-refractivity contribution in [2.45, 2.75) is 24.7 Å². The fourth-order valence-electron chi connectivity index (χ4n) is 2.88. The molecule has 0 spiro atoms. The first-order chi connectivity index (χ1) is 13.4. The Bertz CT molecular complexity index is 1040. The van der Waals surface area contributed by atoms with Crippen molar-refractivity contribution in [3.05, 3.63) is 56.3 Å². The summed E-state index contributed by atoms with van der Waals surface area (Å²) in [6.45, 7) is 5.33. The van der Waals surface area contributed by atoms with Crippen molar-refractivity contribution in [1.82, 2.24) is 14.3 Å². The molecular formula is C19H20ClN3O2S3. The molecular weight excluding hydrogens is 434 g/mol. The largest absolute Gasteiger partial charge is 0.383 e. The minimum atomic E-state index is 0.0842. The lowest BCUT2D eigenvalue weighted by atomic mass is 10.2. The van der Waals surface area contributed by atoms with Gasteiger partial charge in [-0.15, -0.1) is 5.10 Å². The third-order valence-electron chi connectivity index (χ3n) is 4.32. The van der Waals surface area contributed by atoms with E-state index in [0.717, 1.165) is 33.5 Å². The standard InChI is InChI=1S/C19H20ClN3O2S3/c1-12-10-16(13(2)22(12)8-9-25-3)17(24)11-27-18-21-23(19(26)28-18)15-6-4-14(20)5-7-15/h4-7,10H,8-9,11H2,1-3H3. The zero-order chi connectivity index (χ0) is 20.3. The molecule has 2 heterocycles. The third kappa shape index (κ3) is 4.75. The summed E-state index contributed by atoms with van der Waals surface area (Å²) in [6, 6.07) is 9.28. The van der Waals surface area contributed by atoms with Crippen LogP contribution in [0.4, 0.5) is 0 Å². The maximum atomic E-state index is 12.7. The summed E-state index contributed by atoms with van der Waals surface area (Å²) in [6.07, 6.45) is 0. The quantitative estimate of drug-likeness (QED) is 0.261. The second kappa shape index (κ2) is 9.37. The van der Waals surface area contributed by atoms with Gasteiger partial charge in [0.2, 0.25) is 0 Å². The molecule has 0 aliphatic rings. The summed E-state index contributed by atoms with van der Waals surface area (Å²) in [4.78, 5) is 12.7. The molecule has 148 valence electrons. The maximum Gasteiger partial charge on any atom is 0.184 e. The Hall–Kier alpha value is -1.45. The van der Waals surface area contributed by atoms with E-state index in [4.69, 9.17) is 28.6 Å². The van der Waals surface area contributed by atoms with E-state index in [0.29, 0.717) is 21.3 Å². The van der Waals surface area contributed by atoms with Crippen LogP contribution in [0.3, 0.4) is 0 Å². The van der Waals surface area contributed by atoms with Crippen molar-refractivity contribution in [3.63, 3.8) is 0 Å². The molecule has 0 saturated heterocycles. The molecule has 0 bridgehead atoms. The van der Waals surface area contributed by atoms with Gasteiger partial charge in [0.05, 0.1) is 18.0 Å². The number of methoxy groups -OCH3 is 1. The number of thioether (sulfide) groups is 1. The Morgan fingerprint density at radius 2 is 2.04 bits per heavy atom. The summed E-state index contributed by atoms with van der Waals surface area (Å²) in [5.41, 5.74) is 3.64. The molecule has 1 aromatic carbocycles. The van der Waals surface area contributed by atoms with Gasteiger partial charge in [-0.05, 0) is 56.4 Å². The average Bonchev–Trinajstić information content (AvgIpc) is 3.18. The summed E-state index contributed by atoms with van der Waals surface area (Å²) in [5, 5.41) is 5.20. The van der Waals surface area contributed by atoms with Gasteiger partial charge in [0.15, 0.2) is 14.1 Å². The van der Waals surface area contributed by atoms with Crippen molar-refractivity contribution in [2.75, 3.05) is 19.5 Å². The van der Waals surface area contributed by atoms with Crippen molar-refractivity contribution < 1.29 is 9.53 Å². The number of nitrogens with zero attached hydrogens (tertiary/aromatic N) is 3. The molecule has 0 aliphatic heterocycles. The number of ketones is 1. The van der Waals surface area contributed by atoms with E-state index in [1.54, 1.807) is 23.9 Å². The first-order valence-corrected chi connectivity index (χ1v) is 11.2. The Morgan fingerprint density at radius 1 is 1.32 bits per heavy atom. The Morgan fingerprint density at radius 3 is 2.71 bits per heavy atom.